The topological polar surface area (TPSA) is 38.8 Å². The van der Waals surface area contributed by atoms with Crippen LogP contribution in [0.1, 0.15) is 6.92 Å². The Labute approximate surface area is 77.1 Å². The monoisotopic (exact) mass is 183 g/mol. The van der Waals surface area contributed by atoms with Gasteiger partial charge in [0.15, 0.2) is 5.72 Å². The second kappa shape index (κ2) is 2.82. The van der Waals surface area contributed by atoms with Crippen LogP contribution >= 0.6 is 0 Å². The number of carbonyl (C=O) groups is 1. The van der Waals surface area contributed by atoms with E-state index in [0.717, 1.165) is 0 Å². The van der Waals surface area contributed by atoms with Crippen molar-refractivity contribution in [3.63, 3.8) is 0 Å². The first-order valence-corrected chi connectivity index (χ1v) is 4.37. The molecule has 2 rings (SSSR count). The van der Waals surface area contributed by atoms with Gasteiger partial charge in [-0.25, -0.2) is 0 Å². The van der Waals surface area contributed by atoms with Gasteiger partial charge in [0.1, 0.15) is 0 Å². The normalized spacial score (nSPS) is 30.2. The third kappa shape index (κ3) is 1.09. The lowest BCUT2D eigenvalue weighted by Crippen LogP contribution is -2.62. The molecule has 2 fully saturated rings. The zero-order valence-electron chi connectivity index (χ0n) is 7.66. The minimum absolute atomic E-state index is 0.0756. The van der Waals surface area contributed by atoms with Gasteiger partial charge in [-0.3, -0.25) is 4.79 Å². The predicted molar refractivity (Wildman–Crippen MR) is 46.0 cm³/mol. The van der Waals surface area contributed by atoms with Crippen LogP contribution in [-0.4, -0.2) is 42.4 Å². The lowest BCUT2D eigenvalue weighted by Gasteiger charge is -2.43. The van der Waals surface area contributed by atoms with E-state index < -0.39 is 5.72 Å². The van der Waals surface area contributed by atoms with Crippen LogP contribution in [0.5, 0.6) is 0 Å². The number of hydrogen-bond acceptors (Lipinski definition) is 3. The number of rotatable bonds is 1. The number of nitrogens with zero attached hydrogens (tertiary/aromatic N) is 1. The second-order valence-corrected chi connectivity index (χ2v) is 3.51. The zero-order valence-corrected chi connectivity index (χ0v) is 7.66. The summed E-state index contributed by atoms with van der Waals surface area (Å²) in [6.45, 7) is 7.00. The quantitative estimate of drug-likeness (QED) is 0.543. The highest BCUT2D eigenvalue weighted by Crippen LogP contribution is 2.34. The van der Waals surface area contributed by atoms with Crippen LogP contribution in [0.4, 0.5) is 0 Å². The van der Waals surface area contributed by atoms with Crippen LogP contribution < -0.4 is 0 Å². The highest BCUT2D eigenvalue weighted by Gasteiger charge is 2.53. The number of carbonyl (C=O) groups excluding carboxylic acids is 1. The zero-order chi connectivity index (χ0) is 9.47. The van der Waals surface area contributed by atoms with Crippen LogP contribution in [0.3, 0.4) is 0 Å². The minimum Gasteiger partial charge on any atom is -0.371 e. The maximum absolute atomic E-state index is 11.5. The van der Waals surface area contributed by atoms with Gasteiger partial charge >= 0.3 is 0 Å². The summed E-state index contributed by atoms with van der Waals surface area (Å²) in [4.78, 5) is 13.2. The van der Waals surface area contributed by atoms with Crippen molar-refractivity contribution in [3.8, 4) is 0 Å². The molecule has 0 aromatic rings. The van der Waals surface area contributed by atoms with Crippen molar-refractivity contribution >= 4 is 5.91 Å². The van der Waals surface area contributed by atoms with E-state index in [4.69, 9.17) is 9.47 Å². The summed E-state index contributed by atoms with van der Waals surface area (Å²) in [5.74, 6) is -0.0756. The van der Waals surface area contributed by atoms with Gasteiger partial charge in [-0.1, -0.05) is 6.58 Å². The molecule has 1 atom stereocenters. The molecule has 0 bridgehead atoms. The largest absolute Gasteiger partial charge is 0.371 e. The van der Waals surface area contributed by atoms with Gasteiger partial charge in [0.25, 0.3) is 0 Å². The summed E-state index contributed by atoms with van der Waals surface area (Å²) in [6.07, 6.45) is 1.32. The third-order valence-electron chi connectivity index (χ3n) is 2.54. The van der Waals surface area contributed by atoms with Crippen LogP contribution in [-0.2, 0) is 14.3 Å². The summed E-state index contributed by atoms with van der Waals surface area (Å²) in [5, 5.41) is 0. The number of amides is 1. The Morgan fingerprint density at radius 2 is 2.38 bits per heavy atom. The molecule has 4 nitrogen and oxygen atoms in total. The maximum Gasteiger partial charge on any atom is 0.248 e. The Bertz CT molecular complexity index is 247. The van der Waals surface area contributed by atoms with Gasteiger partial charge in [0, 0.05) is 0 Å². The van der Waals surface area contributed by atoms with Crippen molar-refractivity contribution in [2.45, 2.75) is 18.7 Å². The second-order valence-electron chi connectivity index (χ2n) is 3.51. The molecule has 1 spiro atoms. The molecule has 0 aliphatic carbocycles. The molecule has 0 radical (unpaired) electrons. The fourth-order valence-electron chi connectivity index (χ4n) is 1.84. The van der Waals surface area contributed by atoms with Gasteiger partial charge in [-0.2, -0.15) is 0 Å². The molecular weight excluding hydrogens is 170 g/mol. The molecule has 2 saturated heterocycles. The lowest BCUT2D eigenvalue weighted by molar-refractivity contribution is -0.239. The molecule has 4 heteroatoms. The number of ether oxygens (including phenoxy) is 2. The Morgan fingerprint density at radius 1 is 1.69 bits per heavy atom. The van der Waals surface area contributed by atoms with E-state index in [1.165, 1.54) is 6.08 Å². The van der Waals surface area contributed by atoms with E-state index in [1.807, 2.05) is 6.92 Å². The summed E-state index contributed by atoms with van der Waals surface area (Å²) >= 11 is 0. The van der Waals surface area contributed by atoms with E-state index in [-0.39, 0.29) is 11.9 Å². The molecule has 0 aromatic carbocycles. The summed E-state index contributed by atoms with van der Waals surface area (Å²) in [6, 6.07) is 0.120. The van der Waals surface area contributed by atoms with Crippen LogP contribution in [0.2, 0.25) is 0 Å². The van der Waals surface area contributed by atoms with Crippen LogP contribution in [0.15, 0.2) is 12.7 Å². The molecule has 0 N–H and O–H groups in total. The van der Waals surface area contributed by atoms with Gasteiger partial charge in [0.2, 0.25) is 5.91 Å². The molecular formula is C9H13NO3. The summed E-state index contributed by atoms with van der Waals surface area (Å²) in [5.41, 5.74) is -0.481. The Balaban J connectivity index is 2.20. The van der Waals surface area contributed by atoms with E-state index >= 15 is 0 Å². The molecule has 72 valence electrons. The first-order valence-electron chi connectivity index (χ1n) is 4.37. The van der Waals surface area contributed by atoms with Crippen molar-refractivity contribution in [2.75, 3.05) is 19.8 Å². The molecule has 2 heterocycles. The van der Waals surface area contributed by atoms with E-state index in [0.29, 0.717) is 19.8 Å². The smallest absolute Gasteiger partial charge is 0.248 e. The Morgan fingerprint density at radius 3 is 2.85 bits per heavy atom. The van der Waals surface area contributed by atoms with Crippen molar-refractivity contribution < 1.29 is 14.3 Å². The number of hydrogen-bond donors (Lipinski definition) is 0. The third-order valence-corrected chi connectivity index (χ3v) is 2.54. The molecule has 2 aliphatic rings. The van der Waals surface area contributed by atoms with Crippen molar-refractivity contribution in [1.29, 1.82) is 0 Å². The SMILES string of the molecule is C=CC(=O)N1C(C)COC12COC2. The van der Waals surface area contributed by atoms with Crippen molar-refractivity contribution in [2.24, 2.45) is 0 Å². The van der Waals surface area contributed by atoms with Crippen LogP contribution in [0.25, 0.3) is 0 Å². The van der Waals surface area contributed by atoms with Gasteiger partial charge in [0.05, 0.1) is 25.9 Å². The average molecular weight is 183 g/mol. The molecule has 0 aromatic heterocycles. The first kappa shape index (κ1) is 8.72. The van der Waals surface area contributed by atoms with E-state index in [2.05, 4.69) is 6.58 Å². The van der Waals surface area contributed by atoms with E-state index in [1.54, 1.807) is 4.90 Å². The molecule has 0 saturated carbocycles. The molecule has 1 unspecified atom stereocenters. The van der Waals surface area contributed by atoms with Crippen molar-refractivity contribution in [3.05, 3.63) is 12.7 Å². The molecule has 2 aliphatic heterocycles. The maximum atomic E-state index is 11.5. The first-order chi connectivity index (χ1) is 6.19. The average Bonchev–Trinajstić information content (AvgIpc) is 2.41. The highest BCUT2D eigenvalue weighted by molar-refractivity contribution is 5.88. The van der Waals surface area contributed by atoms with Gasteiger partial charge in [-0.05, 0) is 13.0 Å². The highest BCUT2D eigenvalue weighted by atomic mass is 16.6. The predicted octanol–water partition coefficient (Wildman–Crippen LogP) is 0.146. The van der Waals surface area contributed by atoms with E-state index in [9.17, 15) is 4.79 Å². The molecule has 1 amide bonds. The Hall–Kier alpha value is -0.870. The van der Waals surface area contributed by atoms with Gasteiger partial charge in [-0.15, -0.1) is 0 Å². The summed E-state index contributed by atoms with van der Waals surface area (Å²) < 4.78 is 10.6. The minimum atomic E-state index is -0.481. The van der Waals surface area contributed by atoms with Crippen LogP contribution in [0, 0.1) is 0 Å². The fraction of sp³-hybridized carbons (Fsp3) is 0.667. The van der Waals surface area contributed by atoms with Gasteiger partial charge < -0.3 is 14.4 Å². The van der Waals surface area contributed by atoms with Crippen molar-refractivity contribution in [1.82, 2.24) is 4.90 Å². The fourth-order valence-corrected chi connectivity index (χ4v) is 1.84. The Kier molecular flexibility index (Phi) is 1.89. The molecule has 13 heavy (non-hydrogen) atoms. The lowest BCUT2D eigenvalue weighted by atomic mass is 10.1. The summed E-state index contributed by atoms with van der Waals surface area (Å²) in [7, 11) is 0. The standard InChI is InChI=1S/C9H13NO3/c1-3-8(11)10-7(2)4-13-9(10)5-12-6-9/h3,7H,1,4-6H2,2H3.